The maximum atomic E-state index is 12.6. The van der Waals surface area contributed by atoms with E-state index in [1.165, 1.54) is 30.3 Å². The third kappa shape index (κ3) is 3.70. The van der Waals surface area contributed by atoms with Gasteiger partial charge in [0.2, 0.25) is 5.91 Å². The summed E-state index contributed by atoms with van der Waals surface area (Å²) >= 11 is 4.53. The summed E-state index contributed by atoms with van der Waals surface area (Å²) in [5.74, 6) is -0.0309. The summed E-state index contributed by atoms with van der Waals surface area (Å²) in [6, 6.07) is 6.43. The number of carbonyl (C=O) groups is 1. The molecule has 130 valence electrons. The van der Waals surface area contributed by atoms with Gasteiger partial charge < -0.3 is 0 Å². The average Bonchev–Trinajstić information content (AvgIpc) is 2.82. The van der Waals surface area contributed by atoms with Gasteiger partial charge in [0.25, 0.3) is 10.0 Å². The van der Waals surface area contributed by atoms with Crippen LogP contribution in [0.1, 0.15) is 39.0 Å². The van der Waals surface area contributed by atoms with E-state index < -0.39 is 10.0 Å². The number of amides is 1. The van der Waals surface area contributed by atoms with Crippen molar-refractivity contribution in [2.45, 2.75) is 55.2 Å². The number of amidine groups is 1. The second-order valence-electron chi connectivity index (χ2n) is 6.06. The number of rotatable bonds is 3. The highest BCUT2D eigenvalue weighted by atomic mass is 79.9. The number of hydrogen-bond acceptors (Lipinski definition) is 4. The normalized spacial score (nSPS) is 24.8. The van der Waals surface area contributed by atoms with Crippen LogP contribution in [0.4, 0.5) is 0 Å². The zero-order valence-corrected chi connectivity index (χ0v) is 16.5. The first-order chi connectivity index (χ1) is 11.4. The molecule has 1 atom stereocenters. The van der Waals surface area contributed by atoms with E-state index in [0.29, 0.717) is 5.17 Å². The Morgan fingerprint density at radius 2 is 1.79 bits per heavy atom. The molecule has 1 aromatic carbocycles. The highest BCUT2D eigenvalue weighted by Gasteiger charge is 2.40. The van der Waals surface area contributed by atoms with Crippen molar-refractivity contribution in [1.82, 2.24) is 4.90 Å². The second kappa shape index (κ2) is 7.17. The van der Waals surface area contributed by atoms with Crippen molar-refractivity contribution >= 4 is 48.8 Å². The first-order valence-electron chi connectivity index (χ1n) is 7.99. The number of hydrogen-bond donors (Lipinski definition) is 0. The first-order valence-corrected chi connectivity index (χ1v) is 11.1. The van der Waals surface area contributed by atoms with Crippen LogP contribution >= 0.6 is 27.7 Å². The number of nitrogens with zero attached hydrogens (tertiary/aromatic N) is 2. The molecular formula is C16H19BrN2O3S2. The molecule has 1 heterocycles. The zero-order chi connectivity index (χ0) is 17.3. The lowest BCUT2D eigenvalue weighted by Gasteiger charge is -2.30. The maximum absolute atomic E-state index is 12.6. The van der Waals surface area contributed by atoms with Gasteiger partial charge in [0, 0.05) is 10.5 Å². The van der Waals surface area contributed by atoms with E-state index in [2.05, 4.69) is 20.3 Å². The van der Waals surface area contributed by atoms with Crippen LogP contribution in [0.2, 0.25) is 0 Å². The lowest BCUT2D eigenvalue weighted by atomic mass is 9.94. The van der Waals surface area contributed by atoms with Crippen molar-refractivity contribution in [3.63, 3.8) is 0 Å². The van der Waals surface area contributed by atoms with Crippen molar-refractivity contribution in [3.8, 4) is 0 Å². The second-order valence-corrected chi connectivity index (χ2v) is 9.89. The van der Waals surface area contributed by atoms with Crippen LogP contribution in [0.15, 0.2) is 38.0 Å². The van der Waals surface area contributed by atoms with E-state index >= 15 is 0 Å². The molecule has 0 bridgehead atoms. The lowest BCUT2D eigenvalue weighted by molar-refractivity contribution is -0.127. The number of sulfonamides is 1. The Balaban J connectivity index is 1.93. The predicted octanol–water partition coefficient (Wildman–Crippen LogP) is 3.79. The van der Waals surface area contributed by atoms with Gasteiger partial charge in [0.05, 0.1) is 10.1 Å². The topological polar surface area (TPSA) is 66.8 Å². The average molecular weight is 431 g/mol. The van der Waals surface area contributed by atoms with Gasteiger partial charge in [-0.25, -0.2) is 0 Å². The fourth-order valence-electron chi connectivity index (χ4n) is 3.06. The monoisotopic (exact) mass is 430 g/mol. The summed E-state index contributed by atoms with van der Waals surface area (Å²) in [6.07, 6.45) is 5.14. The molecule has 1 saturated heterocycles. The molecule has 5 nitrogen and oxygen atoms in total. The largest absolute Gasteiger partial charge is 0.287 e. The summed E-state index contributed by atoms with van der Waals surface area (Å²) in [5.41, 5.74) is 0. The molecule has 1 aliphatic heterocycles. The summed E-state index contributed by atoms with van der Waals surface area (Å²) in [4.78, 5) is 14.3. The van der Waals surface area contributed by atoms with E-state index in [-0.39, 0.29) is 22.1 Å². The zero-order valence-electron chi connectivity index (χ0n) is 13.3. The molecule has 0 spiro atoms. The molecule has 1 amide bonds. The molecule has 3 rings (SSSR count). The molecule has 0 unspecified atom stereocenters. The van der Waals surface area contributed by atoms with E-state index in [0.717, 1.165) is 30.2 Å². The summed E-state index contributed by atoms with van der Waals surface area (Å²) in [7, 11) is -3.83. The van der Waals surface area contributed by atoms with Crippen LogP contribution in [0.3, 0.4) is 0 Å². The molecule has 1 aromatic rings. The van der Waals surface area contributed by atoms with Gasteiger partial charge in [-0.15, -0.1) is 4.40 Å². The number of thioether (sulfide) groups is 1. The molecule has 2 aliphatic rings. The minimum atomic E-state index is -3.83. The molecule has 8 heteroatoms. The third-order valence-corrected chi connectivity index (χ3v) is 7.30. The van der Waals surface area contributed by atoms with Crippen LogP contribution in [0, 0.1) is 0 Å². The summed E-state index contributed by atoms with van der Waals surface area (Å²) in [6.45, 7) is 1.80. The predicted molar refractivity (Wildman–Crippen MR) is 99.5 cm³/mol. The van der Waals surface area contributed by atoms with Crippen LogP contribution < -0.4 is 0 Å². The number of benzene rings is 1. The fraction of sp³-hybridized carbons (Fsp3) is 0.500. The van der Waals surface area contributed by atoms with Gasteiger partial charge in [-0.3, -0.25) is 9.69 Å². The molecule has 2 fully saturated rings. The van der Waals surface area contributed by atoms with Crippen LogP contribution in [-0.4, -0.2) is 35.7 Å². The first kappa shape index (κ1) is 17.9. The van der Waals surface area contributed by atoms with Crippen molar-refractivity contribution < 1.29 is 13.2 Å². The van der Waals surface area contributed by atoms with Crippen LogP contribution in [0.25, 0.3) is 0 Å². The molecule has 24 heavy (non-hydrogen) atoms. The number of halogens is 1. The smallest absolute Gasteiger partial charge is 0.284 e. The van der Waals surface area contributed by atoms with Gasteiger partial charge in [0.1, 0.15) is 0 Å². The van der Waals surface area contributed by atoms with E-state index in [9.17, 15) is 13.2 Å². The van der Waals surface area contributed by atoms with Crippen LogP contribution in [-0.2, 0) is 14.8 Å². The van der Waals surface area contributed by atoms with Gasteiger partial charge in [-0.1, -0.05) is 47.0 Å². The molecule has 0 radical (unpaired) electrons. The standard InChI is InChI=1S/C16H19BrN2O3S2/c1-11-15(20)19(13-5-3-2-4-6-13)16(23-11)18-24(21,22)14-9-7-12(17)8-10-14/h7-11,13H,2-6H2,1H3/t11-/m0/s1. The molecule has 1 aliphatic carbocycles. The minimum Gasteiger partial charge on any atom is -0.287 e. The summed E-state index contributed by atoms with van der Waals surface area (Å²) in [5, 5.41) is 0.0353. The van der Waals surface area contributed by atoms with Gasteiger partial charge in [0.15, 0.2) is 5.17 Å². The quantitative estimate of drug-likeness (QED) is 0.731. The van der Waals surface area contributed by atoms with Crippen molar-refractivity contribution in [3.05, 3.63) is 28.7 Å². The third-order valence-electron chi connectivity index (χ3n) is 4.32. The Bertz CT molecular complexity index is 756. The Labute approximate surface area is 155 Å². The van der Waals surface area contributed by atoms with Gasteiger partial charge in [-0.05, 0) is 44.0 Å². The van der Waals surface area contributed by atoms with Crippen molar-refractivity contribution in [1.29, 1.82) is 0 Å². The summed E-state index contributed by atoms with van der Waals surface area (Å²) < 4.78 is 30.0. The number of carbonyl (C=O) groups excluding carboxylic acids is 1. The fourth-order valence-corrected chi connectivity index (χ4v) is 5.55. The Kier molecular flexibility index (Phi) is 5.36. The molecule has 1 saturated carbocycles. The van der Waals surface area contributed by atoms with E-state index in [1.807, 2.05) is 0 Å². The van der Waals surface area contributed by atoms with Crippen molar-refractivity contribution in [2.24, 2.45) is 4.40 Å². The molecular weight excluding hydrogens is 412 g/mol. The van der Waals surface area contributed by atoms with Crippen LogP contribution in [0.5, 0.6) is 0 Å². The lowest BCUT2D eigenvalue weighted by Crippen LogP contribution is -2.42. The van der Waals surface area contributed by atoms with Crippen molar-refractivity contribution in [2.75, 3.05) is 0 Å². The van der Waals surface area contributed by atoms with Gasteiger partial charge in [-0.2, -0.15) is 8.42 Å². The molecule has 0 N–H and O–H groups in total. The van der Waals surface area contributed by atoms with E-state index in [4.69, 9.17) is 0 Å². The SMILES string of the molecule is C[C@@H]1SC(=NS(=O)(=O)c2ccc(Br)cc2)N(C2CCCCC2)C1=O. The maximum Gasteiger partial charge on any atom is 0.284 e. The Hall–Kier alpha value is -0.860. The van der Waals surface area contributed by atoms with Gasteiger partial charge >= 0.3 is 0 Å². The minimum absolute atomic E-state index is 0.0309. The van der Waals surface area contributed by atoms with E-state index in [1.54, 1.807) is 24.0 Å². The molecule has 0 aromatic heterocycles. The Morgan fingerprint density at radius 3 is 2.42 bits per heavy atom. The Morgan fingerprint density at radius 1 is 1.17 bits per heavy atom. The highest BCUT2D eigenvalue weighted by Crippen LogP contribution is 2.34. The highest BCUT2D eigenvalue weighted by molar-refractivity contribution is 9.10.